The second-order valence-corrected chi connectivity index (χ2v) is 8.59. The molecule has 10 heteroatoms. The third-order valence-electron chi connectivity index (χ3n) is 4.52. The Morgan fingerprint density at radius 3 is 2.54 bits per heavy atom. The van der Waals surface area contributed by atoms with Crippen LogP contribution in [0.25, 0.3) is 0 Å². The molecule has 28 heavy (non-hydrogen) atoms. The Morgan fingerprint density at radius 1 is 1.25 bits per heavy atom. The number of piperazine rings is 1. The lowest BCUT2D eigenvalue weighted by Gasteiger charge is -2.33. The summed E-state index contributed by atoms with van der Waals surface area (Å²) in [7, 11) is -2.22. The van der Waals surface area contributed by atoms with Crippen LogP contribution in [0, 0.1) is 6.92 Å². The highest BCUT2D eigenvalue weighted by molar-refractivity contribution is 7.89. The zero-order chi connectivity index (χ0) is 20.3. The van der Waals surface area contributed by atoms with Crippen LogP contribution in [0.5, 0.6) is 5.75 Å². The molecule has 152 valence electrons. The predicted octanol–water partition coefficient (Wildman–Crippen LogP) is 1.46. The number of carbonyl (C=O) groups is 1. The first-order chi connectivity index (χ1) is 13.3. The lowest BCUT2D eigenvalue weighted by atomic mass is 10.3. The van der Waals surface area contributed by atoms with Crippen LogP contribution in [0.2, 0.25) is 0 Å². The van der Waals surface area contributed by atoms with E-state index in [4.69, 9.17) is 9.26 Å². The highest BCUT2D eigenvalue weighted by Crippen LogP contribution is 2.29. The second kappa shape index (κ2) is 8.29. The molecule has 1 amide bonds. The number of amides is 1. The van der Waals surface area contributed by atoms with Crippen LogP contribution in [0.3, 0.4) is 0 Å². The first-order valence-electron chi connectivity index (χ1n) is 8.90. The van der Waals surface area contributed by atoms with Gasteiger partial charge in [-0.1, -0.05) is 5.16 Å². The summed E-state index contributed by atoms with van der Waals surface area (Å²) in [6, 6.07) is 6.33. The van der Waals surface area contributed by atoms with Crippen LogP contribution in [0.4, 0.5) is 5.69 Å². The van der Waals surface area contributed by atoms with E-state index in [-0.39, 0.29) is 10.8 Å². The molecular weight excluding hydrogens is 384 g/mol. The number of sulfonamides is 1. The monoisotopic (exact) mass is 408 g/mol. The van der Waals surface area contributed by atoms with Crippen molar-refractivity contribution in [3.8, 4) is 5.75 Å². The molecule has 3 rings (SSSR count). The van der Waals surface area contributed by atoms with Gasteiger partial charge in [0, 0.05) is 51.8 Å². The number of benzene rings is 1. The topological polar surface area (TPSA) is 105 Å². The van der Waals surface area contributed by atoms with Crippen LogP contribution in [-0.4, -0.2) is 62.0 Å². The molecule has 1 aliphatic heterocycles. The fraction of sp³-hybridized carbons (Fsp3) is 0.444. The van der Waals surface area contributed by atoms with Gasteiger partial charge in [-0.3, -0.25) is 9.69 Å². The van der Waals surface area contributed by atoms with Crippen LogP contribution in [0.15, 0.2) is 33.7 Å². The number of aryl methyl sites for hydroxylation is 1. The van der Waals surface area contributed by atoms with Crippen LogP contribution >= 0.6 is 0 Å². The summed E-state index contributed by atoms with van der Waals surface area (Å²) in [5, 5.41) is 6.60. The number of aromatic nitrogens is 1. The average Bonchev–Trinajstić information content (AvgIpc) is 3.06. The third kappa shape index (κ3) is 4.51. The fourth-order valence-electron chi connectivity index (χ4n) is 3.12. The molecule has 2 aromatic rings. The second-order valence-electron chi connectivity index (χ2n) is 6.65. The van der Waals surface area contributed by atoms with Crippen LogP contribution < -0.4 is 10.1 Å². The molecule has 1 aliphatic rings. The molecule has 0 saturated carbocycles. The van der Waals surface area contributed by atoms with Crippen LogP contribution in [0.1, 0.15) is 18.4 Å². The summed E-state index contributed by atoms with van der Waals surface area (Å²) in [5.41, 5.74) is 1.27. The molecular formula is C18H24N4O5S. The van der Waals surface area contributed by atoms with Crippen molar-refractivity contribution in [2.45, 2.75) is 25.3 Å². The van der Waals surface area contributed by atoms with Gasteiger partial charge < -0.3 is 14.6 Å². The van der Waals surface area contributed by atoms with E-state index in [1.165, 1.54) is 36.5 Å². The normalized spacial score (nSPS) is 16.1. The van der Waals surface area contributed by atoms with E-state index in [9.17, 15) is 13.2 Å². The van der Waals surface area contributed by atoms with E-state index in [1.54, 1.807) is 0 Å². The number of carbonyl (C=O) groups excluding carboxylic acids is 1. The van der Waals surface area contributed by atoms with Gasteiger partial charge in [0.25, 0.3) is 0 Å². The Kier molecular flexibility index (Phi) is 6.01. The molecule has 1 aromatic heterocycles. The standard InChI is InChI=1S/C18H24N4O5S/c1-13-10-15(20-27-13)12-21-6-8-22(9-7-21)28(24,25)16-4-5-17(19-14(2)23)18(11-16)26-3/h4-5,10-11H,6-9,12H2,1-3H3,(H,19,23). The summed E-state index contributed by atoms with van der Waals surface area (Å²) in [4.78, 5) is 13.5. The summed E-state index contributed by atoms with van der Waals surface area (Å²) in [6.07, 6.45) is 0. The summed E-state index contributed by atoms with van der Waals surface area (Å²) >= 11 is 0. The van der Waals surface area contributed by atoms with Gasteiger partial charge in [-0.2, -0.15) is 4.31 Å². The Labute approximate surface area is 164 Å². The van der Waals surface area contributed by atoms with E-state index in [1.807, 2.05) is 13.0 Å². The first-order valence-corrected chi connectivity index (χ1v) is 10.3. The molecule has 0 atom stereocenters. The van der Waals surface area contributed by atoms with Crippen molar-refractivity contribution in [1.29, 1.82) is 0 Å². The van der Waals surface area contributed by atoms with Crippen molar-refractivity contribution in [2.24, 2.45) is 0 Å². The third-order valence-corrected chi connectivity index (χ3v) is 6.41. The van der Waals surface area contributed by atoms with Gasteiger partial charge in [0.1, 0.15) is 11.5 Å². The maximum absolute atomic E-state index is 13.0. The number of anilines is 1. The largest absolute Gasteiger partial charge is 0.495 e. The molecule has 0 spiro atoms. The lowest BCUT2D eigenvalue weighted by molar-refractivity contribution is -0.114. The van der Waals surface area contributed by atoms with Crippen molar-refractivity contribution < 1.29 is 22.5 Å². The summed E-state index contributed by atoms with van der Waals surface area (Å²) in [6.45, 7) is 5.82. The Hall–Kier alpha value is -2.43. The zero-order valence-electron chi connectivity index (χ0n) is 16.1. The number of rotatable bonds is 6. The van der Waals surface area contributed by atoms with E-state index >= 15 is 0 Å². The molecule has 1 aromatic carbocycles. The molecule has 0 aliphatic carbocycles. The molecule has 1 N–H and O–H groups in total. The van der Waals surface area contributed by atoms with Crippen molar-refractivity contribution in [2.75, 3.05) is 38.6 Å². The molecule has 0 unspecified atom stereocenters. The zero-order valence-corrected chi connectivity index (χ0v) is 17.0. The quantitative estimate of drug-likeness (QED) is 0.771. The maximum atomic E-state index is 13.0. The lowest BCUT2D eigenvalue weighted by Crippen LogP contribution is -2.48. The van der Waals surface area contributed by atoms with Gasteiger partial charge in [0.05, 0.1) is 23.4 Å². The number of nitrogens with one attached hydrogen (secondary N) is 1. The molecule has 1 saturated heterocycles. The fourth-order valence-corrected chi connectivity index (χ4v) is 4.56. The average molecular weight is 408 g/mol. The van der Waals surface area contributed by atoms with Gasteiger partial charge in [-0.05, 0) is 19.1 Å². The minimum Gasteiger partial charge on any atom is -0.495 e. The smallest absolute Gasteiger partial charge is 0.243 e. The van der Waals surface area contributed by atoms with Crippen molar-refractivity contribution in [3.63, 3.8) is 0 Å². The number of hydrogen-bond acceptors (Lipinski definition) is 7. The van der Waals surface area contributed by atoms with Gasteiger partial charge >= 0.3 is 0 Å². The van der Waals surface area contributed by atoms with Crippen molar-refractivity contribution in [3.05, 3.63) is 35.7 Å². The van der Waals surface area contributed by atoms with Gasteiger partial charge in [-0.25, -0.2) is 8.42 Å². The molecule has 1 fully saturated rings. The summed E-state index contributed by atoms with van der Waals surface area (Å²) in [5.74, 6) is 0.802. The Bertz CT molecular complexity index is 949. The molecule has 2 heterocycles. The van der Waals surface area contributed by atoms with Crippen LogP contribution in [-0.2, 0) is 21.4 Å². The van der Waals surface area contributed by atoms with E-state index in [0.717, 1.165) is 11.5 Å². The van der Waals surface area contributed by atoms with E-state index in [0.29, 0.717) is 44.2 Å². The highest BCUT2D eigenvalue weighted by Gasteiger charge is 2.29. The van der Waals surface area contributed by atoms with E-state index < -0.39 is 10.0 Å². The summed E-state index contributed by atoms with van der Waals surface area (Å²) < 4.78 is 37.8. The predicted molar refractivity (Wildman–Crippen MR) is 103 cm³/mol. The maximum Gasteiger partial charge on any atom is 0.243 e. The highest BCUT2D eigenvalue weighted by atomic mass is 32.2. The molecule has 0 radical (unpaired) electrons. The minimum absolute atomic E-state index is 0.138. The molecule has 9 nitrogen and oxygen atoms in total. The minimum atomic E-state index is -3.65. The number of ether oxygens (including phenoxy) is 1. The Morgan fingerprint density at radius 2 is 1.96 bits per heavy atom. The molecule has 0 bridgehead atoms. The van der Waals surface area contributed by atoms with Gasteiger partial charge in [0.15, 0.2) is 0 Å². The number of nitrogens with zero attached hydrogens (tertiary/aromatic N) is 3. The van der Waals surface area contributed by atoms with Gasteiger partial charge in [0.2, 0.25) is 15.9 Å². The van der Waals surface area contributed by atoms with Crippen molar-refractivity contribution >= 4 is 21.6 Å². The SMILES string of the molecule is COc1cc(S(=O)(=O)N2CCN(Cc3cc(C)on3)CC2)ccc1NC(C)=O. The Balaban J connectivity index is 1.69. The van der Waals surface area contributed by atoms with Gasteiger partial charge in [-0.15, -0.1) is 0 Å². The first kappa shape index (κ1) is 20.3. The number of methoxy groups -OCH3 is 1. The van der Waals surface area contributed by atoms with E-state index in [2.05, 4.69) is 15.4 Å². The number of hydrogen-bond donors (Lipinski definition) is 1. The van der Waals surface area contributed by atoms with Crippen molar-refractivity contribution in [1.82, 2.24) is 14.4 Å².